The Bertz CT molecular complexity index is 636. The Balaban J connectivity index is 1.53. The quantitative estimate of drug-likeness (QED) is 0.832. The molecule has 2 unspecified atom stereocenters. The fraction of sp³-hybridized carbons (Fsp3) is 0.789. The minimum Gasteiger partial charge on any atom is -0.379 e. The number of carbonyl (C=O) groups excluding carboxylic acids is 1. The number of carbonyl (C=O) groups is 1. The van der Waals surface area contributed by atoms with Crippen molar-refractivity contribution in [2.24, 2.45) is 13.0 Å². The van der Waals surface area contributed by atoms with E-state index in [1.165, 1.54) is 24.1 Å². The zero-order valence-electron chi connectivity index (χ0n) is 15.5. The minimum absolute atomic E-state index is 0.146. The summed E-state index contributed by atoms with van der Waals surface area (Å²) in [6.45, 7) is 7.55. The highest BCUT2D eigenvalue weighted by atomic mass is 16.5. The summed E-state index contributed by atoms with van der Waals surface area (Å²) in [4.78, 5) is 17.8. The highest BCUT2D eigenvalue weighted by Gasteiger charge is 2.39. The lowest BCUT2D eigenvalue weighted by atomic mass is 9.95. The Morgan fingerprint density at radius 3 is 2.72 bits per heavy atom. The molecule has 1 aromatic rings. The molecule has 3 aliphatic rings. The number of morpholine rings is 1. The maximum absolute atomic E-state index is 13.2. The van der Waals surface area contributed by atoms with Gasteiger partial charge in [-0.1, -0.05) is 13.3 Å². The van der Waals surface area contributed by atoms with Gasteiger partial charge in [0.05, 0.1) is 13.2 Å². The molecule has 138 valence electrons. The van der Waals surface area contributed by atoms with E-state index in [-0.39, 0.29) is 5.91 Å². The summed E-state index contributed by atoms with van der Waals surface area (Å²) in [6.07, 6.45) is 5.56. The lowest BCUT2D eigenvalue weighted by molar-refractivity contribution is 0.0102. The lowest BCUT2D eigenvalue weighted by Crippen LogP contribution is -2.47. The van der Waals surface area contributed by atoms with Gasteiger partial charge in [-0.3, -0.25) is 14.4 Å². The number of aromatic nitrogens is 2. The van der Waals surface area contributed by atoms with Crippen molar-refractivity contribution >= 4 is 5.91 Å². The lowest BCUT2D eigenvalue weighted by Gasteiger charge is -2.34. The molecule has 0 spiro atoms. The van der Waals surface area contributed by atoms with Crippen LogP contribution >= 0.6 is 0 Å². The van der Waals surface area contributed by atoms with Crippen molar-refractivity contribution in [3.8, 4) is 0 Å². The largest absolute Gasteiger partial charge is 0.379 e. The van der Waals surface area contributed by atoms with Gasteiger partial charge in [0.2, 0.25) is 0 Å². The molecule has 0 radical (unpaired) electrons. The van der Waals surface area contributed by atoms with E-state index in [9.17, 15) is 4.79 Å². The molecular formula is C19H30N4O2. The van der Waals surface area contributed by atoms with Gasteiger partial charge in [0.25, 0.3) is 5.91 Å². The highest BCUT2D eigenvalue weighted by molar-refractivity contribution is 5.94. The van der Waals surface area contributed by atoms with Gasteiger partial charge in [-0.15, -0.1) is 0 Å². The number of hydrogen-bond donors (Lipinski definition) is 0. The van der Waals surface area contributed by atoms with Gasteiger partial charge in [-0.05, 0) is 31.6 Å². The first-order chi connectivity index (χ1) is 12.2. The summed E-state index contributed by atoms with van der Waals surface area (Å²) in [5, 5.41) is 4.62. The third-order valence-electron chi connectivity index (χ3n) is 6.30. The fourth-order valence-electron chi connectivity index (χ4n) is 4.84. The molecule has 0 saturated carbocycles. The first kappa shape index (κ1) is 17.0. The summed E-state index contributed by atoms with van der Waals surface area (Å²) in [5.41, 5.74) is 3.20. The maximum atomic E-state index is 13.2. The van der Waals surface area contributed by atoms with E-state index >= 15 is 0 Å². The molecular weight excluding hydrogens is 316 g/mol. The highest BCUT2D eigenvalue weighted by Crippen LogP contribution is 2.29. The fourth-order valence-corrected chi connectivity index (χ4v) is 4.84. The molecule has 1 aromatic heterocycles. The number of rotatable bonds is 3. The zero-order chi connectivity index (χ0) is 17.4. The van der Waals surface area contributed by atoms with Crippen molar-refractivity contribution < 1.29 is 9.53 Å². The van der Waals surface area contributed by atoms with Crippen LogP contribution in [-0.2, 0) is 24.6 Å². The van der Waals surface area contributed by atoms with Gasteiger partial charge in [-0.25, -0.2) is 0 Å². The van der Waals surface area contributed by atoms with Crippen molar-refractivity contribution in [1.82, 2.24) is 19.6 Å². The Kier molecular flexibility index (Phi) is 4.82. The molecule has 6 heteroatoms. The van der Waals surface area contributed by atoms with E-state index < -0.39 is 0 Å². The van der Waals surface area contributed by atoms with Crippen LogP contribution in [0.5, 0.6) is 0 Å². The zero-order valence-corrected chi connectivity index (χ0v) is 15.5. The van der Waals surface area contributed by atoms with Crippen LogP contribution in [0.2, 0.25) is 0 Å². The van der Waals surface area contributed by atoms with Crippen LogP contribution in [0.15, 0.2) is 0 Å². The second-order valence-corrected chi connectivity index (χ2v) is 7.70. The van der Waals surface area contributed by atoms with Crippen LogP contribution in [0.4, 0.5) is 0 Å². The standard InChI is InChI=1S/C19H30N4O2/c1-3-14-12-23(13-17(14)22-8-10-25-11-9-22)19(24)18-15-6-4-5-7-16(15)21(2)20-18/h14,17H,3-13H2,1-2H3. The predicted octanol–water partition coefficient (Wildman–Crippen LogP) is 1.48. The Labute approximate surface area is 150 Å². The van der Waals surface area contributed by atoms with Crippen LogP contribution in [0, 0.1) is 5.92 Å². The molecule has 2 saturated heterocycles. The number of hydrogen-bond acceptors (Lipinski definition) is 4. The van der Waals surface area contributed by atoms with Crippen molar-refractivity contribution in [2.75, 3.05) is 39.4 Å². The number of fused-ring (bicyclic) bond motifs is 1. The van der Waals surface area contributed by atoms with Crippen LogP contribution in [0.25, 0.3) is 0 Å². The van der Waals surface area contributed by atoms with Crippen LogP contribution < -0.4 is 0 Å². The number of ether oxygens (including phenoxy) is 1. The Morgan fingerprint density at radius 1 is 1.20 bits per heavy atom. The van der Waals surface area contributed by atoms with Crippen LogP contribution in [-0.4, -0.2) is 70.9 Å². The van der Waals surface area contributed by atoms with Gasteiger partial charge < -0.3 is 9.64 Å². The van der Waals surface area contributed by atoms with E-state index in [0.29, 0.717) is 12.0 Å². The maximum Gasteiger partial charge on any atom is 0.274 e. The molecule has 0 bridgehead atoms. The number of amides is 1. The molecule has 0 N–H and O–H groups in total. The normalized spacial score (nSPS) is 27.5. The van der Waals surface area contributed by atoms with Gasteiger partial charge >= 0.3 is 0 Å². The topological polar surface area (TPSA) is 50.6 Å². The predicted molar refractivity (Wildman–Crippen MR) is 95.7 cm³/mol. The molecule has 4 rings (SSSR count). The smallest absolute Gasteiger partial charge is 0.274 e. The van der Waals surface area contributed by atoms with Crippen molar-refractivity contribution in [1.29, 1.82) is 0 Å². The first-order valence-corrected chi connectivity index (χ1v) is 9.84. The average Bonchev–Trinajstić information content (AvgIpc) is 3.24. The van der Waals surface area contributed by atoms with Gasteiger partial charge in [0, 0.05) is 50.5 Å². The Hall–Kier alpha value is -1.40. The molecule has 6 nitrogen and oxygen atoms in total. The third-order valence-corrected chi connectivity index (χ3v) is 6.30. The summed E-state index contributed by atoms with van der Waals surface area (Å²) < 4.78 is 7.44. The van der Waals surface area contributed by atoms with E-state index in [4.69, 9.17) is 4.74 Å². The van der Waals surface area contributed by atoms with E-state index in [1.807, 2.05) is 11.7 Å². The monoisotopic (exact) mass is 346 g/mol. The average molecular weight is 346 g/mol. The van der Waals surface area contributed by atoms with Crippen LogP contribution in [0.1, 0.15) is 47.9 Å². The molecule has 3 heterocycles. The summed E-state index contributed by atoms with van der Waals surface area (Å²) in [5.74, 6) is 0.703. The molecule has 2 aliphatic heterocycles. The molecule has 2 atom stereocenters. The summed E-state index contributed by atoms with van der Waals surface area (Å²) in [7, 11) is 1.98. The van der Waals surface area contributed by atoms with Gasteiger partial charge in [0.15, 0.2) is 5.69 Å². The number of aryl methyl sites for hydroxylation is 1. The number of likely N-dealkylation sites (tertiary alicyclic amines) is 1. The second-order valence-electron chi connectivity index (χ2n) is 7.70. The van der Waals surface area contributed by atoms with Crippen molar-refractivity contribution in [3.05, 3.63) is 17.0 Å². The second kappa shape index (κ2) is 7.08. The third kappa shape index (κ3) is 3.10. The summed E-state index contributed by atoms with van der Waals surface area (Å²) >= 11 is 0. The molecule has 1 amide bonds. The van der Waals surface area contributed by atoms with Crippen LogP contribution in [0.3, 0.4) is 0 Å². The number of nitrogens with zero attached hydrogens (tertiary/aromatic N) is 4. The minimum atomic E-state index is 0.146. The molecule has 25 heavy (non-hydrogen) atoms. The van der Waals surface area contributed by atoms with E-state index in [0.717, 1.165) is 64.3 Å². The first-order valence-electron chi connectivity index (χ1n) is 9.84. The van der Waals surface area contributed by atoms with Gasteiger partial charge in [0.1, 0.15) is 0 Å². The SMILES string of the molecule is CCC1CN(C(=O)c2nn(C)c3c2CCCC3)CC1N1CCOCC1. The van der Waals surface area contributed by atoms with E-state index in [2.05, 4.69) is 21.8 Å². The summed E-state index contributed by atoms with van der Waals surface area (Å²) in [6, 6.07) is 0.470. The van der Waals surface area contributed by atoms with E-state index in [1.54, 1.807) is 0 Å². The Morgan fingerprint density at radius 2 is 1.96 bits per heavy atom. The molecule has 0 aromatic carbocycles. The van der Waals surface area contributed by atoms with Crippen molar-refractivity contribution in [2.45, 2.75) is 45.1 Å². The van der Waals surface area contributed by atoms with Gasteiger partial charge in [-0.2, -0.15) is 5.10 Å². The molecule has 2 fully saturated rings. The van der Waals surface area contributed by atoms with Crippen molar-refractivity contribution in [3.63, 3.8) is 0 Å². The molecule has 1 aliphatic carbocycles.